The van der Waals surface area contributed by atoms with Crippen molar-refractivity contribution in [2.75, 3.05) is 12.3 Å². The molecule has 0 saturated carbocycles. The van der Waals surface area contributed by atoms with Crippen LogP contribution in [0.1, 0.15) is 23.4 Å². The number of thiazole rings is 1. The number of carbonyl (C=O) groups is 1. The van der Waals surface area contributed by atoms with Crippen LogP contribution in [-0.2, 0) is 11.3 Å². The molecule has 4 N–H and O–H groups in total. The Balaban J connectivity index is 0.00000220. The average Bonchev–Trinajstić information content (AvgIpc) is 2.83. The summed E-state index contributed by atoms with van der Waals surface area (Å²) in [6.07, 6.45) is 1.74. The van der Waals surface area contributed by atoms with E-state index in [0.717, 1.165) is 10.4 Å². The molecule has 0 unspecified atom stereocenters. The summed E-state index contributed by atoms with van der Waals surface area (Å²) in [5, 5.41) is 0.534. The highest BCUT2D eigenvalue weighted by molar-refractivity contribution is 7.15. The molecule has 0 aliphatic heterocycles. The van der Waals surface area contributed by atoms with Gasteiger partial charge in [-0.25, -0.2) is 4.98 Å². The summed E-state index contributed by atoms with van der Waals surface area (Å²) >= 11 is 1.43. The first-order valence-electron chi connectivity index (χ1n) is 6.33. The van der Waals surface area contributed by atoms with E-state index in [9.17, 15) is 4.79 Å². The molecule has 0 aliphatic carbocycles. The molecule has 0 aliphatic rings. The van der Waals surface area contributed by atoms with Gasteiger partial charge in [0.2, 0.25) is 5.91 Å². The average molecular weight is 327 g/mol. The van der Waals surface area contributed by atoms with Gasteiger partial charge in [-0.1, -0.05) is 30.3 Å². The molecule has 0 saturated heterocycles. The first-order valence-corrected chi connectivity index (χ1v) is 7.15. The van der Waals surface area contributed by atoms with Crippen LogP contribution in [0.4, 0.5) is 5.13 Å². The van der Waals surface area contributed by atoms with E-state index in [4.69, 9.17) is 11.5 Å². The normalized spacial score (nSPS) is 11.9. The zero-order chi connectivity index (χ0) is 14.5. The Kier molecular flexibility index (Phi) is 6.61. The summed E-state index contributed by atoms with van der Waals surface area (Å²) in [5.74, 6) is -0.342. The molecule has 0 radical (unpaired) electrons. The lowest BCUT2D eigenvalue weighted by Crippen LogP contribution is -2.35. The zero-order valence-corrected chi connectivity index (χ0v) is 13.4. The third kappa shape index (κ3) is 5.00. The van der Waals surface area contributed by atoms with Gasteiger partial charge in [-0.2, -0.15) is 0 Å². The monoisotopic (exact) mass is 326 g/mol. The Labute approximate surface area is 134 Å². The smallest absolute Gasteiger partial charge is 0.231 e. The predicted octanol–water partition coefficient (Wildman–Crippen LogP) is 2.20. The molecule has 1 aromatic carbocycles. The molecular formula is C14H19ClN4OS. The van der Waals surface area contributed by atoms with Crippen LogP contribution >= 0.6 is 23.7 Å². The number of anilines is 1. The second kappa shape index (κ2) is 7.97. The van der Waals surface area contributed by atoms with E-state index in [0.29, 0.717) is 11.7 Å². The molecular weight excluding hydrogens is 308 g/mol. The summed E-state index contributed by atoms with van der Waals surface area (Å²) < 4.78 is 0. The quantitative estimate of drug-likeness (QED) is 0.852. The molecule has 1 aromatic heterocycles. The molecule has 114 valence electrons. The van der Waals surface area contributed by atoms with E-state index in [1.807, 2.05) is 35.2 Å². The van der Waals surface area contributed by atoms with Gasteiger partial charge in [0, 0.05) is 23.7 Å². The topological polar surface area (TPSA) is 85.2 Å². The molecule has 0 spiro atoms. The number of nitrogens with two attached hydrogens (primary N) is 2. The highest BCUT2D eigenvalue weighted by Crippen LogP contribution is 2.24. The number of hydrogen-bond donors (Lipinski definition) is 2. The van der Waals surface area contributed by atoms with Gasteiger partial charge in [0.15, 0.2) is 5.13 Å². The van der Waals surface area contributed by atoms with Crippen molar-refractivity contribution in [2.45, 2.75) is 19.5 Å². The molecule has 1 amide bonds. The minimum absolute atomic E-state index is 0. The highest BCUT2D eigenvalue weighted by atomic mass is 35.5. The number of primary amides is 1. The van der Waals surface area contributed by atoms with Crippen molar-refractivity contribution < 1.29 is 4.79 Å². The van der Waals surface area contributed by atoms with Crippen molar-refractivity contribution in [1.82, 2.24) is 9.88 Å². The van der Waals surface area contributed by atoms with E-state index in [1.54, 1.807) is 6.20 Å². The third-order valence-corrected chi connectivity index (χ3v) is 3.93. The first-order chi connectivity index (χ1) is 9.56. The molecule has 5 nitrogen and oxygen atoms in total. The van der Waals surface area contributed by atoms with Crippen LogP contribution in [0.25, 0.3) is 0 Å². The summed E-state index contributed by atoms with van der Waals surface area (Å²) in [6, 6.07) is 10.1. The fourth-order valence-corrected chi connectivity index (χ4v) is 2.78. The molecule has 1 atom stereocenters. The lowest BCUT2D eigenvalue weighted by molar-refractivity contribution is -0.119. The van der Waals surface area contributed by atoms with E-state index in [-0.39, 0.29) is 30.9 Å². The van der Waals surface area contributed by atoms with E-state index >= 15 is 0 Å². The minimum Gasteiger partial charge on any atom is -0.375 e. The fourth-order valence-electron chi connectivity index (χ4n) is 2.07. The summed E-state index contributed by atoms with van der Waals surface area (Å²) in [5.41, 5.74) is 12.1. The van der Waals surface area contributed by atoms with Gasteiger partial charge in [0.05, 0.1) is 6.54 Å². The van der Waals surface area contributed by atoms with Crippen molar-refractivity contribution in [3.05, 3.63) is 47.0 Å². The number of amides is 1. The van der Waals surface area contributed by atoms with Gasteiger partial charge in [0.1, 0.15) is 0 Å². The van der Waals surface area contributed by atoms with Crippen molar-refractivity contribution in [2.24, 2.45) is 5.73 Å². The van der Waals surface area contributed by atoms with Crippen LogP contribution in [0.2, 0.25) is 0 Å². The second-order valence-corrected chi connectivity index (χ2v) is 5.77. The molecule has 0 fully saturated rings. The molecule has 2 rings (SSSR count). The lowest BCUT2D eigenvalue weighted by atomic mass is 10.1. The number of aromatic nitrogens is 1. The summed E-state index contributed by atoms with van der Waals surface area (Å²) in [6.45, 7) is 2.87. The molecule has 7 heteroatoms. The van der Waals surface area contributed by atoms with E-state index in [2.05, 4.69) is 11.9 Å². The maximum atomic E-state index is 11.3. The zero-order valence-electron chi connectivity index (χ0n) is 11.7. The Bertz CT molecular complexity index is 575. The summed E-state index contributed by atoms with van der Waals surface area (Å²) in [4.78, 5) is 18.4. The third-order valence-electron chi connectivity index (χ3n) is 3.12. The highest BCUT2D eigenvalue weighted by Gasteiger charge is 2.18. The standard InChI is InChI=1S/C14H18N4OS.ClH/c1-10(11-5-3-2-4-6-11)18(9-13(15)19)8-12-7-17-14(16)20-12;/h2-7,10H,8-9H2,1H3,(H2,15,19)(H2,16,17);1H/t10-;/m1./s1. The van der Waals surface area contributed by atoms with Crippen LogP contribution in [0.15, 0.2) is 36.5 Å². The molecule has 0 bridgehead atoms. The van der Waals surface area contributed by atoms with Gasteiger partial charge in [-0.15, -0.1) is 23.7 Å². The van der Waals surface area contributed by atoms with Crippen molar-refractivity contribution in [3.63, 3.8) is 0 Å². The van der Waals surface area contributed by atoms with Crippen LogP contribution in [-0.4, -0.2) is 22.3 Å². The van der Waals surface area contributed by atoms with Gasteiger partial charge >= 0.3 is 0 Å². The number of nitrogen functional groups attached to an aromatic ring is 1. The van der Waals surface area contributed by atoms with Crippen molar-refractivity contribution in [1.29, 1.82) is 0 Å². The summed E-state index contributed by atoms with van der Waals surface area (Å²) in [7, 11) is 0. The number of carbonyl (C=O) groups excluding carboxylic acids is 1. The first kappa shape index (κ1) is 17.4. The predicted molar refractivity (Wildman–Crippen MR) is 88.2 cm³/mol. The largest absolute Gasteiger partial charge is 0.375 e. The molecule has 21 heavy (non-hydrogen) atoms. The van der Waals surface area contributed by atoms with E-state index in [1.165, 1.54) is 11.3 Å². The van der Waals surface area contributed by atoms with Crippen molar-refractivity contribution in [3.8, 4) is 0 Å². The van der Waals surface area contributed by atoms with Crippen LogP contribution in [0.5, 0.6) is 0 Å². The Morgan fingerprint density at radius 3 is 2.57 bits per heavy atom. The Morgan fingerprint density at radius 1 is 1.38 bits per heavy atom. The molecule has 1 heterocycles. The van der Waals surface area contributed by atoms with Crippen LogP contribution < -0.4 is 11.5 Å². The number of hydrogen-bond acceptors (Lipinski definition) is 5. The Morgan fingerprint density at radius 2 is 2.05 bits per heavy atom. The Hall–Kier alpha value is -1.63. The number of halogens is 1. The minimum atomic E-state index is -0.342. The molecule has 2 aromatic rings. The maximum absolute atomic E-state index is 11.3. The number of benzene rings is 1. The van der Waals surface area contributed by atoms with Gasteiger partial charge in [-0.05, 0) is 12.5 Å². The SMILES string of the molecule is C[C@H](c1ccccc1)N(CC(N)=O)Cc1cnc(N)s1.Cl. The van der Waals surface area contributed by atoms with Gasteiger partial charge in [0.25, 0.3) is 0 Å². The number of nitrogens with zero attached hydrogens (tertiary/aromatic N) is 2. The van der Waals surface area contributed by atoms with Crippen molar-refractivity contribution >= 4 is 34.8 Å². The van der Waals surface area contributed by atoms with Crippen LogP contribution in [0, 0.1) is 0 Å². The van der Waals surface area contributed by atoms with Gasteiger partial charge < -0.3 is 11.5 Å². The van der Waals surface area contributed by atoms with Crippen LogP contribution in [0.3, 0.4) is 0 Å². The van der Waals surface area contributed by atoms with Gasteiger partial charge in [-0.3, -0.25) is 9.69 Å². The van der Waals surface area contributed by atoms with E-state index < -0.39 is 0 Å². The number of rotatable bonds is 6. The fraction of sp³-hybridized carbons (Fsp3) is 0.286. The second-order valence-electron chi connectivity index (χ2n) is 4.62. The lowest BCUT2D eigenvalue weighted by Gasteiger charge is -2.27. The maximum Gasteiger partial charge on any atom is 0.231 e.